The molecular formula is C25H18N2O2S. The third-order valence-corrected chi connectivity index (χ3v) is 5.26. The van der Waals surface area contributed by atoms with Gasteiger partial charge >= 0.3 is 0 Å². The van der Waals surface area contributed by atoms with E-state index in [9.17, 15) is 5.26 Å². The second-order valence-electron chi connectivity index (χ2n) is 6.42. The van der Waals surface area contributed by atoms with Crippen molar-refractivity contribution in [2.75, 3.05) is 7.11 Å². The van der Waals surface area contributed by atoms with Crippen molar-refractivity contribution >= 4 is 23.0 Å². The van der Waals surface area contributed by atoms with Gasteiger partial charge in [-0.3, -0.25) is 0 Å². The number of allylic oxidation sites excluding steroid dienone is 1. The molecule has 0 fully saturated rings. The number of methoxy groups -OCH3 is 1. The Morgan fingerprint density at radius 1 is 0.933 bits per heavy atom. The molecule has 0 atom stereocenters. The van der Waals surface area contributed by atoms with Crippen LogP contribution in [0.25, 0.3) is 22.9 Å². The number of rotatable bonds is 6. The summed E-state index contributed by atoms with van der Waals surface area (Å²) in [6.07, 6.45) is 1.83. The van der Waals surface area contributed by atoms with Crippen LogP contribution in [0.4, 0.5) is 0 Å². The quantitative estimate of drug-likeness (QED) is 0.333. The van der Waals surface area contributed by atoms with Gasteiger partial charge < -0.3 is 9.47 Å². The van der Waals surface area contributed by atoms with E-state index in [1.807, 2.05) is 90.3 Å². The lowest BCUT2D eigenvalue weighted by Crippen LogP contribution is -1.86. The number of hydrogen-bond acceptors (Lipinski definition) is 5. The Bertz CT molecular complexity index is 1210. The zero-order valence-electron chi connectivity index (χ0n) is 16.3. The molecule has 0 amide bonds. The lowest BCUT2D eigenvalue weighted by atomic mass is 10.1. The minimum absolute atomic E-state index is 0.511. The van der Waals surface area contributed by atoms with Crippen molar-refractivity contribution in [1.29, 1.82) is 5.26 Å². The predicted octanol–water partition coefficient (Wildman–Crippen LogP) is 6.68. The minimum atomic E-state index is 0.511. The summed E-state index contributed by atoms with van der Waals surface area (Å²) in [4.78, 5) is 4.65. The molecule has 0 spiro atoms. The van der Waals surface area contributed by atoms with E-state index in [-0.39, 0.29) is 0 Å². The highest BCUT2D eigenvalue weighted by Crippen LogP contribution is 2.29. The number of hydrogen-bond donors (Lipinski definition) is 0. The molecule has 0 aliphatic rings. The topological polar surface area (TPSA) is 55.1 Å². The molecule has 0 radical (unpaired) electrons. The van der Waals surface area contributed by atoms with E-state index in [4.69, 9.17) is 9.47 Å². The normalized spacial score (nSPS) is 11.0. The Balaban J connectivity index is 1.57. The van der Waals surface area contributed by atoms with E-state index >= 15 is 0 Å². The fourth-order valence-electron chi connectivity index (χ4n) is 2.89. The van der Waals surface area contributed by atoms with Crippen LogP contribution in [0.1, 0.15) is 10.6 Å². The van der Waals surface area contributed by atoms with Crippen molar-refractivity contribution in [3.63, 3.8) is 0 Å². The summed E-state index contributed by atoms with van der Waals surface area (Å²) in [5.41, 5.74) is 3.20. The number of benzene rings is 3. The first kappa shape index (κ1) is 19.4. The molecule has 0 saturated carbocycles. The maximum absolute atomic E-state index is 9.69. The fourth-order valence-corrected chi connectivity index (χ4v) is 3.69. The largest absolute Gasteiger partial charge is 0.497 e. The van der Waals surface area contributed by atoms with Gasteiger partial charge in [0, 0.05) is 10.9 Å². The molecule has 0 aliphatic carbocycles. The summed E-state index contributed by atoms with van der Waals surface area (Å²) in [5, 5.41) is 12.3. The van der Waals surface area contributed by atoms with E-state index in [0.717, 1.165) is 28.3 Å². The van der Waals surface area contributed by atoms with Gasteiger partial charge in [-0.15, -0.1) is 11.3 Å². The molecule has 4 aromatic rings. The molecule has 0 saturated heterocycles. The lowest BCUT2D eigenvalue weighted by molar-refractivity contribution is 0.415. The molecular weight excluding hydrogens is 392 g/mol. The van der Waals surface area contributed by atoms with Crippen molar-refractivity contribution < 1.29 is 9.47 Å². The number of para-hydroxylation sites is 1. The van der Waals surface area contributed by atoms with Gasteiger partial charge in [0.1, 0.15) is 28.3 Å². The van der Waals surface area contributed by atoms with E-state index < -0.39 is 0 Å². The van der Waals surface area contributed by atoms with Crippen molar-refractivity contribution in [2.45, 2.75) is 0 Å². The van der Waals surface area contributed by atoms with Crippen LogP contribution < -0.4 is 9.47 Å². The second kappa shape index (κ2) is 9.08. The predicted molar refractivity (Wildman–Crippen MR) is 121 cm³/mol. The maximum atomic E-state index is 9.69. The van der Waals surface area contributed by atoms with Crippen LogP contribution in [0.3, 0.4) is 0 Å². The third-order valence-electron chi connectivity index (χ3n) is 4.39. The lowest BCUT2D eigenvalue weighted by Gasteiger charge is -2.06. The average Bonchev–Trinajstić information content (AvgIpc) is 3.28. The van der Waals surface area contributed by atoms with Gasteiger partial charge in [0.2, 0.25) is 0 Å². The van der Waals surface area contributed by atoms with Crippen LogP contribution in [0.5, 0.6) is 17.2 Å². The molecule has 4 nitrogen and oxygen atoms in total. The summed E-state index contributed by atoms with van der Waals surface area (Å²) in [6, 6.07) is 27.2. The maximum Gasteiger partial charge on any atom is 0.134 e. The first-order valence-electron chi connectivity index (χ1n) is 9.30. The number of ether oxygens (including phenoxy) is 2. The monoisotopic (exact) mass is 410 g/mol. The van der Waals surface area contributed by atoms with Gasteiger partial charge in [0.05, 0.1) is 18.4 Å². The highest BCUT2D eigenvalue weighted by molar-refractivity contribution is 7.11. The zero-order valence-corrected chi connectivity index (χ0v) is 17.1. The second-order valence-corrected chi connectivity index (χ2v) is 7.28. The summed E-state index contributed by atoms with van der Waals surface area (Å²) in [5.74, 6) is 2.28. The Labute approximate surface area is 179 Å². The van der Waals surface area contributed by atoms with E-state index in [0.29, 0.717) is 16.3 Å². The Morgan fingerprint density at radius 3 is 2.43 bits per heavy atom. The molecule has 3 aromatic carbocycles. The third kappa shape index (κ3) is 4.57. The van der Waals surface area contributed by atoms with Gasteiger partial charge in [0.15, 0.2) is 0 Å². The zero-order chi connectivity index (χ0) is 20.8. The van der Waals surface area contributed by atoms with Crippen LogP contribution >= 0.6 is 11.3 Å². The molecule has 0 N–H and O–H groups in total. The Hall–Kier alpha value is -3.88. The summed E-state index contributed by atoms with van der Waals surface area (Å²) >= 11 is 1.45. The van der Waals surface area contributed by atoms with E-state index in [2.05, 4.69) is 11.1 Å². The molecule has 146 valence electrons. The molecule has 1 heterocycles. The Kier molecular flexibility index (Phi) is 5.88. The van der Waals surface area contributed by atoms with Crippen molar-refractivity contribution in [3.05, 3.63) is 94.8 Å². The van der Waals surface area contributed by atoms with Crippen LogP contribution in [-0.2, 0) is 0 Å². The van der Waals surface area contributed by atoms with Crippen LogP contribution in [0.2, 0.25) is 0 Å². The highest BCUT2D eigenvalue weighted by atomic mass is 32.1. The molecule has 0 bridgehead atoms. The molecule has 30 heavy (non-hydrogen) atoms. The molecule has 0 unspecified atom stereocenters. The number of nitriles is 1. The van der Waals surface area contributed by atoms with Gasteiger partial charge in [-0.25, -0.2) is 4.98 Å². The first-order chi connectivity index (χ1) is 14.7. The fraction of sp³-hybridized carbons (Fsp3) is 0.0400. The smallest absolute Gasteiger partial charge is 0.134 e. The average molecular weight is 410 g/mol. The first-order valence-corrected chi connectivity index (χ1v) is 10.2. The Morgan fingerprint density at radius 2 is 1.70 bits per heavy atom. The van der Waals surface area contributed by atoms with E-state index in [1.165, 1.54) is 11.3 Å². The SMILES string of the molecule is COc1ccc(-c2csc(C(C#N)=Cc3cccc(Oc4ccccc4)c3)n2)cc1. The summed E-state index contributed by atoms with van der Waals surface area (Å²) < 4.78 is 11.1. The summed E-state index contributed by atoms with van der Waals surface area (Å²) in [7, 11) is 1.64. The van der Waals surface area contributed by atoms with Crippen molar-refractivity contribution in [1.82, 2.24) is 4.98 Å². The molecule has 0 aliphatic heterocycles. The van der Waals surface area contributed by atoms with Gasteiger partial charge in [-0.2, -0.15) is 5.26 Å². The van der Waals surface area contributed by atoms with Crippen molar-refractivity contribution in [3.8, 4) is 34.6 Å². The van der Waals surface area contributed by atoms with Gasteiger partial charge in [-0.1, -0.05) is 30.3 Å². The van der Waals surface area contributed by atoms with Crippen molar-refractivity contribution in [2.24, 2.45) is 0 Å². The van der Waals surface area contributed by atoms with Crippen LogP contribution in [0.15, 0.2) is 84.2 Å². The van der Waals surface area contributed by atoms with Crippen LogP contribution in [0, 0.1) is 11.3 Å². The van der Waals surface area contributed by atoms with Gasteiger partial charge in [0.25, 0.3) is 0 Å². The molecule has 4 rings (SSSR count). The highest BCUT2D eigenvalue weighted by Gasteiger charge is 2.10. The number of thiazole rings is 1. The van der Waals surface area contributed by atoms with Crippen LogP contribution in [-0.4, -0.2) is 12.1 Å². The number of aromatic nitrogens is 1. The molecule has 1 aromatic heterocycles. The number of nitrogens with zero attached hydrogens (tertiary/aromatic N) is 2. The minimum Gasteiger partial charge on any atom is -0.497 e. The van der Waals surface area contributed by atoms with E-state index in [1.54, 1.807) is 7.11 Å². The summed E-state index contributed by atoms with van der Waals surface area (Å²) in [6.45, 7) is 0. The van der Waals surface area contributed by atoms with Gasteiger partial charge in [-0.05, 0) is 60.2 Å². The molecule has 5 heteroatoms. The standard InChI is InChI=1S/C25H18N2O2S/c1-28-21-12-10-19(11-13-21)24-17-30-25(27-24)20(16-26)14-18-6-5-9-23(15-18)29-22-7-3-2-4-8-22/h2-15,17H,1H3.